The Bertz CT molecular complexity index is 1030. The Morgan fingerprint density at radius 2 is 1.33 bits per heavy atom. The summed E-state index contributed by atoms with van der Waals surface area (Å²) in [5.74, 6) is 0. The van der Waals surface area contributed by atoms with Crippen LogP contribution in [0.5, 0.6) is 0 Å². The fraction of sp³-hybridized carbons (Fsp3) is 0.0435. The highest BCUT2D eigenvalue weighted by Crippen LogP contribution is 2.31. The Labute approximate surface area is 157 Å². The largest absolute Gasteiger partial charge is 0.444 e. The van der Waals surface area contributed by atoms with Gasteiger partial charge in [-0.1, -0.05) is 91.0 Å². The van der Waals surface area contributed by atoms with Crippen LogP contribution in [0.2, 0.25) is 0 Å². The van der Waals surface area contributed by atoms with Gasteiger partial charge < -0.3 is 4.74 Å². The quantitative estimate of drug-likeness (QED) is 0.493. The predicted octanol–water partition coefficient (Wildman–Crippen LogP) is 5.40. The molecule has 1 heterocycles. The Kier molecular flexibility index (Phi) is 4.79. The van der Waals surface area contributed by atoms with E-state index in [9.17, 15) is 4.79 Å². The second-order valence-corrected chi connectivity index (χ2v) is 6.08. The Morgan fingerprint density at radius 1 is 0.778 bits per heavy atom. The maximum absolute atomic E-state index is 12.8. The molecule has 1 aromatic heterocycles. The van der Waals surface area contributed by atoms with Gasteiger partial charge in [-0.3, -0.25) is 0 Å². The molecule has 4 heteroatoms. The minimum absolute atomic E-state index is 0.215. The predicted molar refractivity (Wildman–Crippen MR) is 105 cm³/mol. The van der Waals surface area contributed by atoms with Gasteiger partial charge >= 0.3 is 6.09 Å². The summed E-state index contributed by atoms with van der Waals surface area (Å²) in [5.41, 5.74) is 4.27. The molecule has 4 rings (SSSR count). The molecule has 0 aliphatic heterocycles. The minimum atomic E-state index is -0.451. The highest BCUT2D eigenvalue weighted by Gasteiger charge is 2.19. The molecule has 3 aromatic carbocycles. The van der Waals surface area contributed by atoms with Gasteiger partial charge in [-0.2, -0.15) is 0 Å². The van der Waals surface area contributed by atoms with Crippen LogP contribution in [0, 0.1) is 0 Å². The van der Waals surface area contributed by atoms with Crippen LogP contribution in [0.15, 0.2) is 97.3 Å². The zero-order valence-corrected chi connectivity index (χ0v) is 14.7. The third-order valence-corrected chi connectivity index (χ3v) is 4.26. The zero-order valence-electron chi connectivity index (χ0n) is 14.7. The van der Waals surface area contributed by atoms with Crippen molar-refractivity contribution in [2.75, 3.05) is 0 Å². The maximum atomic E-state index is 12.8. The average Bonchev–Trinajstić information content (AvgIpc) is 3.19. The third-order valence-electron chi connectivity index (χ3n) is 4.26. The molecule has 27 heavy (non-hydrogen) atoms. The van der Waals surface area contributed by atoms with Crippen LogP contribution in [0.4, 0.5) is 4.79 Å². The number of benzene rings is 3. The van der Waals surface area contributed by atoms with E-state index in [4.69, 9.17) is 4.74 Å². The summed E-state index contributed by atoms with van der Waals surface area (Å²) in [5, 5.41) is 0. The molecular formula is C23H18N2O2. The van der Waals surface area contributed by atoms with Crippen LogP contribution in [0.1, 0.15) is 5.56 Å². The number of carbonyl (C=O) groups excluding carboxylic acids is 1. The van der Waals surface area contributed by atoms with E-state index in [1.807, 2.05) is 91.0 Å². The van der Waals surface area contributed by atoms with E-state index in [-0.39, 0.29) is 6.61 Å². The number of nitrogens with zero attached hydrogens (tertiary/aromatic N) is 2. The lowest BCUT2D eigenvalue weighted by Crippen LogP contribution is -2.14. The van der Waals surface area contributed by atoms with Crippen molar-refractivity contribution in [3.63, 3.8) is 0 Å². The fourth-order valence-electron chi connectivity index (χ4n) is 2.95. The van der Waals surface area contributed by atoms with Gasteiger partial charge in [0.05, 0.1) is 11.4 Å². The fourth-order valence-corrected chi connectivity index (χ4v) is 2.95. The number of hydrogen-bond donors (Lipinski definition) is 0. The van der Waals surface area contributed by atoms with E-state index in [2.05, 4.69) is 4.98 Å². The van der Waals surface area contributed by atoms with Crippen molar-refractivity contribution in [1.29, 1.82) is 0 Å². The molecule has 0 bridgehead atoms. The first-order valence-corrected chi connectivity index (χ1v) is 8.72. The van der Waals surface area contributed by atoms with E-state index in [1.165, 1.54) is 10.9 Å². The molecule has 4 nitrogen and oxygen atoms in total. The first-order chi connectivity index (χ1) is 13.3. The Hall–Kier alpha value is -3.66. The number of ether oxygens (including phenoxy) is 1. The minimum Gasteiger partial charge on any atom is -0.444 e. The number of hydrogen-bond acceptors (Lipinski definition) is 3. The van der Waals surface area contributed by atoms with E-state index >= 15 is 0 Å². The molecular weight excluding hydrogens is 336 g/mol. The SMILES string of the molecule is O=C(OCc1ccccc1)n1cnc(-c2ccccc2)c1-c1ccccc1. The smallest absolute Gasteiger partial charge is 0.420 e. The van der Waals surface area contributed by atoms with Gasteiger partial charge in [-0.25, -0.2) is 14.3 Å². The summed E-state index contributed by atoms with van der Waals surface area (Å²) in [4.78, 5) is 17.3. The molecule has 0 fully saturated rings. The number of imidazole rings is 1. The summed E-state index contributed by atoms with van der Waals surface area (Å²) in [7, 11) is 0. The van der Waals surface area contributed by atoms with Crippen molar-refractivity contribution in [1.82, 2.24) is 9.55 Å². The monoisotopic (exact) mass is 354 g/mol. The van der Waals surface area contributed by atoms with Gasteiger partial charge in [0.15, 0.2) is 0 Å². The van der Waals surface area contributed by atoms with Crippen molar-refractivity contribution >= 4 is 6.09 Å². The van der Waals surface area contributed by atoms with E-state index < -0.39 is 6.09 Å². The molecule has 0 saturated carbocycles. The summed E-state index contributed by atoms with van der Waals surface area (Å²) < 4.78 is 6.98. The molecule has 0 radical (unpaired) electrons. The maximum Gasteiger partial charge on any atom is 0.420 e. The van der Waals surface area contributed by atoms with Crippen molar-refractivity contribution in [3.05, 3.63) is 103 Å². The first kappa shape index (κ1) is 16.8. The Morgan fingerprint density at radius 3 is 1.96 bits per heavy atom. The number of aromatic nitrogens is 2. The molecule has 0 aliphatic carbocycles. The lowest BCUT2D eigenvalue weighted by Gasteiger charge is -2.10. The molecule has 0 unspecified atom stereocenters. The second kappa shape index (κ2) is 7.70. The lowest BCUT2D eigenvalue weighted by molar-refractivity contribution is 0.141. The van der Waals surface area contributed by atoms with E-state index in [1.54, 1.807) is 0 Å². The molecule has 0 amide bonds. The van der Waals surface area contributed by atoms with Crippen LogP contribution < -0.4 is 0 Å². The van der Waals surface area contributed by atoms with Gasteiger partial charge in [-0.05, 0) is 5.56 Å². The summed E-state index contributed by atoms with van der Waals surface area (Å²) in [6.45, 7) is 0.215. The van der Waals surface area contributed by atoms with Gasteiger partial charge in [0.2, 0.25) is 0 Å². The molecule has 132 valence electrons. The lowest BCUT2D eigenvalue weighted by atomic mass is 10.0. The summed E-state index contributed by atoms with van der Waals surface area (Å²) in [6.07, 6.45) is 1.07. The van der Waals surface area contributed by atoms with Crippen molar-refractivity contribution in [3.8, 4) is 22.5 Å². The second-order valence-electron chi connectivity index (χ2n) is 6.08. The van der Waals surface area contributed by atoms with Gasteiger partial charge in [0.1, 0.15) is 12.9 Å². The molecule has 0 saturated heterocycles. The third kappa shape index (κ3) is 3.65. The van der Waals surface area contributed by atoms with Crippen molar-refractivity contribution in [2.45, 2.75) is 6.61 Å². The molecule has 0 atom stereocenters. The van der Waals surface area contributed by atoms with Crippen molar-refractivity contribution < 1.29 is 9.53 Å². The van der Waals surface area contributed by atoms with E-state index in [0.29, 0.717) is 0 Å². The van der Waals surface area contributed by atoms with E-state index in [0.717, 1.165) is 28.1 Å². The van der Waals surface area contributed by atoms with Gasteiger partial charge in [0, 0.05) is 11.1 Å². The topological polar surface area (TPSA) is 44.1 Å². The van der Waals surface area contributed by atoms with Crippen LogP contribution in [0.25, 0.3) is 22.5 Å². The molecule has 4 aromatic rings. The number of carbonyl (C=O) groups is 1. The number of rotatable bonds is 4. The molecule has 0 spiro atoms. The normalized spacial score (nSPS) is 10.5. The standard InChI is InChI=1S/C23H18N2O2/c26-23(27-16-18-10-4-1-5-11-18)25-17-24-21(19-12-6-2-7-13-19)22(25)20-14-8-3-9-15-20/h1-15,17H,16H2. The summed E-state index contributed by atoms with van der Waals surface area (Å²) >= 11 is 0. The van der Waals surface area contributed by atoms with Crippen LogP contribution >= 0.6 is 0 Å². The summed E-state index contributed by atoms with van der Waals surface area (Å²) in [6, 6.07) is 29.2. The first-order valence-electron chi connectivity index (χ1n) is 8.72. The van der Waals surface area contributed by atoms with Crippen LogP contribution in [-0.2, 0) is 11.3 Å². The van der Waals surface area contributed by atoms with Gasteiger partial charge in [-0.15, -0.1) is 0 Å². The van der Waals surface area contributed by atoms with Crippen molar-refractivity contribution in [2.24, 2.45) is 0 Å². The van der Waals surface area contributed by atoms with Crippen LogP contribution in [-0.4, -0.2) is 15.6 Å². The average molecular weight is 354 g/mol. The molecule has 0 N–H and O–H groups in total. The Balaban J connectivity index is 1.70. The van der Waals surface area contributed by atoms with Gasteiger partial charge in [0.25, 0.3) is 0 Å². The molecule has 0 aliphatic rings. The highest BCUT2D eigenvalue weighted by atomic mass is 16.5. The zero-order chi connectivity index (χ0) is 18.5. The van der Waals surface area contributed by atoms with Crippen LogP contribution in [0.3, 0.4) is 0 Å². The highest BCUT2D eigenvalue weighted by molar-refractivity contribution is 5.86.